The molecule has 0 saturated heterocycles. The van der Waals surface area contributed by atoms with Gasteiger partial charge in [0.15, 0.2) is 6.79 Å². The predicted molar refractivity (Wildman–Crippen MR) is 122 cm³/mol. The van der Waals surface area contributed by atoms with Gasteiger partial charge in [-0.3, -0.25) is 4.79 Å². The first-order chi connectivity index (χ1) is 14.8. The van der Waals surface area contributed by atoms with Crippen LogP contribution in [0, 0.1) is 46.3 Å². The molecule has 0 aromatic carbocycles. The van der Waals surface area contributed by atoms with Gasteiger partial charge in [0.1, 0.15) is 0 Å². The Morgan fingerprint density at radius 1 is 0.968 bits per heavy atom. The van der Waals surface area contributed by atoms with Crippen molar-refractivity contribution in [2.24, 2.45) is 46.3 Å². The number of hydrogen-bond donors (Lipinski definition) is 0. The van der Waals surface area contributed by atoms with Crippen LogP contribution >= 0.6 is 0 Å². The summed E-state index contributed by atoms with van der Waals surface area (Å²) in [5, 5.41) is 0. The Bertz CT molecular complexity index is 635. The Balaban J connectivity index is 1.46. The van der Waals surface area contributed by atoms with E-state index in [9.17, 15) is 4.79 Å². The fourth-order valence-electron chi connectivity index (χ4n) is 9.22. The molecule has 4 unspecified atom stereocenters. The Hall–Kier alpha value is -0.610. The third-order valence-electron chi connectivity index (χ3n) is 10.6. The smallest absolute Gasteiger partial charge is 0.304 e. The molecule has 0 aromatic rings. The van der Waals surface area contributed by atoms with Crippen LogP contribution in [0.4, 0.5) is 0 Å². The van der Waals surface area contributed by atoms with Crippen LogP contribution in [0.15, 0.2) is 0 Å². The van der Waals surface area contributed by atoms with E-state index in [-0.39, 0.29) is 12.8 Å². The summed E-state index contributed by atoms with van der Waals surface area (Å²) in [5.41, 5.74) is 1.04. The van der Waals surface area contributed by atoms with Gasteiger partial charge in [-0.05, 0) is 97.7 Å². The molecule has 4 nitrogen and oxygen atoms in total. The molecule has 178 valence electrons. The van der Waals surface area contributed by atoms with E-state index >= 15 is 0 Å². The van der Waals surface area contributed by atoms with Gasteiger partial charge in [0, 0.05) is 20.5 Å². The quantitative estimate of drug-likeness (QED) is 0.336. The molecule has 0 spiro atoms. The molecule has 0 N–H and O–H groups in total. The lowest BCUT2D eigenvalue weighted by Gasteiger charge is -2.61. The van der Waals surface area contributed by atoms with Crippen molar-refractivity contribution in [1.82, 2.24) is 0 Å². The molecule has 31 heavy (non-hydrogen) atoms. The fraction of sp³-hybridized carbons (Fsp3) is 0.963. The first-order valence-corrected chi connectivity index (χ1v) is 13.1. The van der Waals surface area contributed by atoms with Gasteiger partial charge in [0.2, 0.25) is 6.29 Å². The average Bonchev–Trinajstić information content (AvgIpc) is 3.08. The third kappa shape index (κ3) is 4.33. The van der Waals surface area contributed by atoms with Gasteiger partial charge in [-0.15, -0.1) is 0 Å². The number of rotatable bonds is 7. The fourth-order valence-corrected chi connectivity index (χ4v) is 9.22. The highest BCUT2D eigenvalue weighted by atomic mass is 16.8. The molecule has 4 fully saturated rings. The zero-order chi connectivity index (χ0) is 22.2. The molecule has 4 aliphatic carbocycles. The van der Waals surface area contributed by atoms with E-state index in [0.29, 0.717) is 22.7 Å². The van der Waals surface area contributed by atoms with Gasteiger partial charge < -0.3 is 14.2 Å². The summed E-state index contributed by atoms with van der Waals surface area (Å²) < 4.78 is 16.2. The van der Waals surface area contributed by atoms with Gasteiger partial charge in [-0.2, -0.15) is 0 Å². The van der Waals surface area contributed by atoms with Crippen LogP contribution in [0.5, 0.6) is 0 Å². The Morgan fingerprint density at radius 2 is 1.74 bits per heavy atom. The number of esters is 1. The lowest BCUT2D eigenvalue weighted by atomic mass is 9.44. The molecule has 0 radical (unpaired) electrons. The van der Waals surface area contributed by atoms with Gasteiger partial charge in [-0.1, -0.05) is 33.6 Å². The van der Waals surface area contributed by atoms with Crippen molar-refractivity contribution < 1.29 is 19.0 Å². The first kappa shape index (κ1) is 23.5. The predicted octanol–water partition coefficient (Wildman–Crippen LogP) is 6.57. The second-order valence-electron chi connectivity index (χ2n) is 12.0. The van der Waals surface area contributed by atoms with E-state index < -0.39 is 6.29 Å². The maximum atomic E-state index is 11.6. The summed E-state index contributed by atoms with van der Waals surface area (Å²) in [6, 6.07) is 0. The SMILES string of the molecule is COCOC(CC(C)C1CC[C@H]2[C@@H]3CCC4CCCC[C@]4(C)[C@@H]3CC[C@]12C)OC(C)=O. The number of carbonyl (C=O) groups is 1. The summed E-state index contributed by atoms with van der Waals surface area (Å²) in [6.07, 6.45) is 14.6. The monoisotopic (exact) mass is 434 g/mol. The lowest BCUT2D eigenvalue weighted by Crippen LogP contribution is -2.53. The third-order valence-corrected chi connectivity index (χ3v) is 10.6. The number of fused-ring (bicyclic) bond motifs is 5. The number of methoxy groups -OCH3 is 1. The molecule has 9 atom stereocenters. The molecule has 4 heteroatoms. The number of ether oxygens (including phenoxy) is 3. The van der Waals surface area contributed by atoms with Crippen molar-refractivity contribution in [1.29, 1.82) is 0 Å². The molecule has 0 aromatic heterocycles. The van der Waals surface area contributed by atoms with Gasteiger partial charge in [-0.25, -0.2) is 0 Å². The number of carbonyl (C=O) groups excluding carboxylic acids is 1. The Labute approximate surface area is 190 Å². The summed E-state index contributed by atoms with van der Waals surface area (Å²) in [5.74, 6) is 4.66. The van der Waals surface area contributed by atoms with Gasteiger partial charge in [0.25, 0.3) is 0 Å². The highest BCUT2D eigenvalue weighted by Crippen LogP contribution is 2.68. The Morgan fingerprint density at radius 3 is 2.48 bits per heavy atom. The largest absolute Gasteiger partial charge is 0.436 e. The van der Waals surface area contributed by atoms with Crippen LogP contribution in [0.3, 0.4) is 0 Å². The van der Waals surface area contributed by atoms with Gasteiger partial charge in [0.05, 0.1) is 0 Å². The highest BCUT2D eigenvalue weighted by molar-refractivity contribution is 5.66. The minimum Gasteiger partial charge on any atom is -0.436 e. The van der Waals surface area contributed by atoms with Crippen molar-refractivity contribution in [2.75, 3.05) is 13.9 Å². The Kier molecular flexibility index (Phi) is 7.09. The molecule has 4 rings (SSSR count). The minimum atomic E-state index is -0.497. The molecule has 0 heterocycles. The minimum absolute atomic E-state index is 0.165. The van der Waals surface area contributed by atoms with Crippen molar-refractivity contribution in [3.8, 4) is 0 Å². The van der Waals surface area contributed by atoms with Crippen molar-refractivity contribution in [3.63, 3.8) is 0 Å². The van der Waals surface area contributed by atoms with Crippen LogP contribution in [-0.2, 0) is 19.0 Å². The summed E-state index contributed by atoms with van der Waals surface area (Å²) >= 11 is 0. The summed E-state index contributed by atoms with van der Waals surface area (Å²) in [7, 11) is 1.61. The second-order valence-corrected chi connectivity index (χ2v) is 12.0. The van der Waals surface area contributed by atoms with Crippen LogP contribution in [0.1, 0.15) is 98.3 Å². The molecule has 4 aliphatic rings. The van der Waals surface area contributed by atoms with E-state index in [2.05, 4.69) is 20.8 Å². The standard InChI is InChI=1S/C27H46O4/c1-18(16-25(30-17-29-5)31-19(2)28)22-11-12-23-21-10-9-20-8-6-7-14-26(20,3)24(21)13-15-27(22,23)4/h18,20-25H,6-17H2,1-5H3/t18?,20?,21-,22?,23-,24+,25?,26-,27+/m0/s1. The van der Waals surface area contributed by atoms with E-state index in [4.69, 9.17) is 14.2 Å². The lowest BCUT2D eigenvalue weighted by molar-refractivity contribution is -0.203. The van der Waals surface area contributed by atoms with Crippen molar-refractivity contribution in [2.45, 2.75) is 105 Å². The zero-order valence-corrected chi connectivity index (χ0v) is 20.7. The maximum absolute atomic E-state index is 11.6. The first-order valence-electron chi connectivity index (χ1n) is 13.1. The topological polar surface area (TPSA) is 44.8 Å². The molecular formula is C27H46O4. The average molecular weight is 435 g/mol. The summed E-state index contributed by atoms with van der Waals surface area (Å²) in [4.78, 5) is 11.6. The van der Waals surface area contributed by atoms with Crippen LogP contribution in [0.2, 0.25) is 0 Å². The molecule has 0 aliphatic heterocycles. The number of hydrogen-bond acceptors (Lipinski definition) is 4. The summed E-state index contributed by atoms with van der Waals surface area (Å²) in [6.45, 7) is 9.26. The van der Waals surface area contributed by atoms with Crippen molar-refractivity contribution in [3.05, 3.63) is 0 Å². The highest BCUT2D eigenvalue weighted by Gasteiger charge is 2.60. The van der Waals surface area contributed by atoms with E-state index in [0.717, 1.165) is 30.1 Å². The zero-order valence-electron chi connectivity index (χ0n) is 20.7. The maximum Gasteiger partial charge on any atom is 0.304 e. The normalized spacial score (nSPS) is 44.0. The van der Waals surface area contributed by atoms with E-state index in [1.807, 2.05) is 0 Å². The molecule has 0 bridgehead atoms. The van der Waals surface area contributed by atoms with Gasteiger partial charge >= 0.3 is 5.97 Å². The molecule has 4 saturated carbocycles. The van der Waals surface area contributed by atoms with Crippen LogP contribution in [-0.4, -0.2) is 26.2 Å². The van der Waals surface area contributed by atoms with E-state index in [1.165, 1.54) is 71.1 Å². The molecular weight excluding hydrogens is 388 g/mol. The second kappa shape index (κ2) is 9.33. The van der Waals surface area contributed by atoms with E-state index in [1.54, 1.807) is 7.11 Å². The van der Waals surface area contributed by atoms with Crippen LogP contribution < -0.4 is 0 Å². The molecule has 0 amide bonds. The van der Waals surface area contributed by atoms with Crippen LogP contribution in [0.25, 0.3) is 0 Å². The van der Waals surface area contributed by atoms with Crippen molar-refractivity contribution >= 4 is 5.97 Å².